The maximum Gasteiger partial charge on any atom is 0.225 e. The molecule has 0 aromatic carbocycles. The minimum Gasteiger partial charge on any atom is -0.341 e. The molecule has 2 aliphatic rings. The Morgan fingerprint density at radius 3 is 2.57 bits per heavy atom. The van der Waals surface area contributed by atoms with Gasteiger partial charge in [0.25, 0.3) is 0 Å². The van der Waals surface area contributed by atoms with Crippen molar-refractivity contribution in [2.45, 2.75) is 25.8 Å². The van der Waals surface area contributed by atoms with E-state index in [0.717, 1.165) is 37.4 Å². The summed E-state index contributed by atoms with van der Waals surface area (Å²) in [6, 6.07) is 4.15. The van der Waals surface area contributed by atoms with E-state index < -0.39 is 0 Å². The van der Waals surface area contributed by atoms with Crippen LogP contribution in [0.4, 0.5) is 5.95 Å². The molecule has 2 aliphatic heterocycles. The van der Waals surface area contributed by atoms with Crippen molar-refractivity contribution >= 4 is 17.3 Å². The summed E-state index contributed by atoms with van der Waals surface area (Å²) in [5, 5.41) is 4.47. The Kier molecular flexibility index (Phi) is 4.57. The molecule has 2 saturated heterocycles. The number of aromatic nitrogens is 2. The molecule has 1 unspecified atom stereocenters. The second kappa shape index (κ2) is 6.97. The molecule has 0 spiro atoms. The van der Waals surface area contributed by atoms with Gasteiger partial charge in [-0.1, -0.05) is 0 Å². The van der Waals surface area contributed by atoms with Crippen LogP contribution in [0.25, 0.3) is 0 Å². The third kappa shape index (κ3) is 3.56. The van der Waals surface area contributed by atoms with Gasteiger partial charge in [0.05, 0.1) is 0 Å². The first-order chi connectivity index (χ1) is 11.4. The molecule has 0 radical (unpaired) electrons. The Morgan fingerprint density at radius 1 is 1.04 bits per heavy atom. The highest BCUT2D eigenvalue weighted by Crippen LogP contribution is 2.33. The zero-order valence-electron chi connectivity index (χ0n) is 13.5. The third-order valence-electron chi connectivity index (χ3n) is 5.34. The second-order valence-corrected chi connectivity index (χ2v) is 7.57. The number of rotatable bonds is 4. The first-order valence-corrected chi connectivity index (χ1v) is 9.58. The van der Waals surface area contributed by atoms with Gasteiger partial charge >= 0.3 is 0 Å². The molecule has 0 saturated carbocycles. The first-order valence-electron chi connectivity index (χ1n) is 8.64. The van der Waals surface area contributed by atoms with E-state index in [1.165, 1.54) is 37.9 Å². The van der Waals surface area contributed by atoms with Crippen molar-refractivity contribution < 1.29 is 0 Å². The van der Waals surface area contributed by atoms with E-state index in [0.29, 0.717) is 0 Å². The molecule has 0 amide bonds. The lowest BCUT2D eigenvalue weighted by Crippen LogP contribution is -2.37. The van der Waals surface area contributed by atoms with Gasteiger partial charge in [0.15, 0.2) is 0 Å². The van der Waals surface area contributed by atoms with Crippen LogP contribution in [0, 0.1) is 11.8 Å². The molecule has 0 bridgehead atoms. The lowest BCUT2D eigenvalue weighted by atomic mass is 9.84. The Labute approximate surface area is 142 Å². The Bertz CT molecular complexity index is 593. The molecule has 23 heavy (non-hydrogen) atoms. The summed E-state index contributed by atoms with van der Waals surface area (Å²) in [5.74, 6) is 2.66. The van der Waals surface area contributed by atoms with Crippen LogP contribution in [0.15, 0.2) is 35.3 Å². The van der Waals surface area contributed by atoms with Gasteiger partial charge in [-0.05, 0) is 66.1 Å². The van der Waals surface area contributed by atoms with Crippen LogP contribution in [0.5, 0.6) is 0 Å². The van der Waals surface area contributed by atoms with Gasteiger partial charge in [0.1, 0.15) is 0 Å². The highest BCUT2D eigenvalue weighted by molar-refractivity contribution is 7.07. The van der Waals surface area contributed by atoms with Crippen molar-refractivity contribution in [3.63, 3.8) is 0 Å². The van der Waals surface area contributed by atoms with Gasteiger partial charge in [0.2, 0.25) is 5.95 Å². The molecule has 2 fully saturated rings. The van der Waals surface area contributed by atoms with Crippen LogP contribution in [-0.4, -0.2) is 41.0 Å². The van der Waals surface area contributed by atoms with Gasteiger partial charge in [0, 0.05) is 38.6 Å². The highest BCUT2D eigenvalue weighted by Gasteiger charge is 2.32. The fraction of sp³-hybridized carbons (Fsp3) is 0.556. The SMILES string of the molecule is c1cnc(N2CCC(C3CCN(Cc4ccsc4)C3)CC2)nc1. The summed E-state index contributed by atoms with van der Waals surface area (Å²) in [7, 11) is 0. The van der Waals surface area contributed by atoms with Gasteiger partial charge in [-0.2, -0.15) is 11.3 Å². The molecule has 122 valence electrons. The number of hydrogen-bond acceptors (Lipinski definition) is 5. The summed E-state index contributed by atoms with van der Waals surface area (Å²) in [6.07, 6.45) is 7.63. The zero-order valence-corrected chi connectivity index (χ0v) is 14.3. The number of anilines is 1. The molecule has 2 aromatic heterocycles. The molecule has 4 rings (SSSR count). The quantitative estimate of drug-likeness (QED) is 0.862. The van der Waals surface area contributed by atoms with E-state index in [9.17, 15) is 0 Å². The molecular weight excluding hydrogens is 304 g/mol. The molecule has 4 heterocycles. The van der Waals surface area contributed by atoms with Crippen LogP contribution < -0.4 is 4.90 Å². The van der Waals surface area contributed by atoms with Crippen molar-refractivity contribution in [3.8, 4) is 0 Å². The number of thiophene rings is 1. The summed E-state index contributed by atoms with van der Waals surface area (Å²) in [5.41, 5.74) is 1.48. The van der Waals surface area contributed by atoms with Gasteiger partial charge in [-0.15, -0.1) is 0 Å². The van der Waals surface area contributed by atoms with E-state index in [1.54, 1.807) is 11.3 Å². The van der Waals surface area contributed by atoms with Crippen LogP contribution >= 0.6 is 11.3 Å². The van der Waals surface area contributed by atoms with Crippen molar-refractivity contribution in [2.75, 3.05) is 31.1 Å². The normalized spacial score (nSPS) is 23.5. The number of piperidine rings is 1. The van der Waals surface area contributed by atoms with E-state index in [4.69, 9.17) is 0 Å². The molecule has 4 nitrogen and oxygen atoms in total. The Hall–Kier alpha value is -1.46. The average Bonchev–Trinajstić information content (AvgIpc) is 3.28. The summed E-state index contributed by atoms with van der Waals surface area (Å²) < 4.78 is 0. The fourth-order valence-electron chi connectivity index (χ4n) is 4.06. The molecule has 5 heteroatoms. The predicted molar refractivity (Wildman–Crippen MR) is 94.7 cm³/mol. The van der Waals surface area contributed by atoms with E-state index >= 15 is 0 Å². The average molecular weight is 328 g/mol. The number of hydrogen-bond donors (Lipinski definition) is 0. The van der Waals surface area contributed by atoms with Crippen molar-refractivity contribution in [1.82, 2.24) is 14.9 Å². The maximum atomic E-state index is 4.39. The van der Waals surface area contributed by atoms with Crippen molar-refractivity contribution in [1.29, 1.82) is 0 Å². The summed E-state index contributed by atoms with van der Waals surface area (Å²) in [6.45, 7) is 5.90. The van der Waals surface area contributed by atoms with Crippen LogP contribution in [0.1, 0.15) is 24.8 Å². The predicted octanol–water partition coefficient (Wildman–Crippen LogP) is 3.28. The van der Waals surface area contributed by atoms with Gasteiger partial charge in [-0.3, -0.25) is 4.90 Å². The molecule has 1 atom stereocenters. The zero-order chi connectivity index (χ0) is 15.5. The van der Waals surface area contributed by atoms with Gasteiger partial charge in [-0.25, -0.2) is 9.97 Å². The molecule has 2 aromatic rings. The topological polar surface area (TPSA) is 32.3 Å². The summed E-state index contributed by atoms with van der Waals surface area (Å²) >= 11 is 1.81. The van der Waals surface area contributed by atoms with E-state index in [2.05, 4.69) is 36.6 Å². The fourth-order valence-corrected chi connectivity index (χ4v) is 4.72. The minimum atomic E-state index is 0.877. The smallest absolute Gasteiger partial charge is 0.225 e. The Morgan fingerprint density at radius 2 is 1.83 bits per heavy atom. The van der Waals surface area contributed by atoms with Crippen LogP contribution in [-0.2, 0) is 6.54 Å². The Balaban J connectivity index is 1.28. The van der Waals surface area contributed by atoms with E-state index in [1.807, 2.05) is 18.5 Å². The summed E-state index contributed by atoms with van der Waals surface area (Å²) in [4.78, 5) is 13.8. The minimum absolute atomic E-state index is 0.877. The maximum absolute atomic E-state index is 4.39. The second-order valence-electron chi connectivity index (χ2n) is 6.79. The standard InChI is InChI=1S/C18H24N4S/c1-6-19-18(20-7-1)22-9-3-16(4-10-22)17-2-8-21(13-17)12-15-5-11-23-14-15/h1,5-7,11,14,16-17H,2-4,8-10,12-13H2. The molecule has 0 N–H and O–H groups in total. The monoisotopic (exact) mass is 328 g/mol. The van der Waals surface area contributed by atoms with Crippen molar-refractivity contribution in [3.05, 3.63) is 40.8 Å². The van der Waals surface area contributed by atoms with E-state index in [-0.39, 0.29) is 0 Å². The lowest BCUT2D eigenvalue weighted by molar-refractivity contribution is 0.252. The lowest BCUT2D eigenvalue weighted by Gasteiger charge is -2.34. The van der Waals surface area contributed by atoms with Crippen molar-refractivity contribution in [2.24, 2.45) is 11.8 Å². The van der Waals surface area contributed by atoms with Gasteiger partial charge < -0.3 is 4.90 Å². The first kappa shape index (κ1) is 15.1. The highest BCUT2D eigenvalue weighted by atomic mass is 32.1. The number of likely N-dealkylation sites (tertiary alicyclic amines) is 1. The third-order valence-corrected chi connectivity index (χ3v) is 6.07. The molecule has 0 aliphatic carbocycles. The van der Waals surface area contributed by atoms with Crippen LogP contribution in [0.2, 0.25) is 0 Å². The largest absolute Gasteiger partial charge is 0.341 e. The molecular formula is C18H24N4S. The van der Waals surface area contributed by atoms with Crippen LogP contribution in [0.3, 0.4) is 0 Å². The number of nitrogens with zero attached hydrogens (tertiary/aromatic N) is 4.